The second kappa shape index (κ2) is 6.18. The Bertz CT molecular complexity index is 658. The van der Waals surface area contributed by atoms with Crippen molar-refractivity contribution in [2.24, 2.45) is 5.92 Å². The Kier molecular flexibility index (Phi) is 4.29. The molecule has 1 aliphatic rings. The molecule has 0 heterocycles. The molecule has 110 valence electrons. The summed E-state index contributed by atoms with van der Waals surface area (Å²) in [6, 6.07) is 9.90. The van der Waals surface area contributed by atoms with E-state index in [0.29, 0.717) is 5.56 Å². The fraction of sp³-hybridized carbons (Fsp3) is 0.389. The first-order valence-corrected chi connectivity index (χ1v) is 8.31. The van der Waals surface area contributed by atoms with Gasteiger partial charge in [-0.25, -0.2) is 0 Å². The number of ether oxygens (including phenoxy) is 1. The molecule has 2 aromatic carbocycles. The van der Waals surface area contributed by atoms with Crippen molar-refractivity contribution in [3.63, 3.8) is 0 Å². The van der Waals surface area contributed by atoms with Crippen LogP contribution in [0.3, 0.4) is 0 Å². The van der Waals surface area contributed by atoms with Gasteiger partial charge in [0.2, 0.25) is 0 Å². The average molecular weight is 347 g/mol. The zero-order valence-corrected chi connectivity index (χ0v) is 13.7. The normalized spacial score (nSPS) is 22.2. The molecular formula is C18H19BrO2. The highest BCUT2D eigenvalue weighted by Crippen LogP contribution is 2.32. The molecule has 0 amide bonds. The van der Waals surface area contributed by atoms with Crippen molar-refractivity contribution in [1.29, 1.82) is 0 Å². The second-order valence-corrected chi connectivity index (χ2v) is 6.88. The standard InChI is InChI=1S/C18H19BrO2/c1-12-2-6-15(7-3-12)21-18-9-4-13-10-14(19)5-8-16(13)17(18)11-20/h4-5,8-12,15H,2-3,6-7H2,1H3/t12-,15+. The summed E-state index contributed by atoms with van der Waals surface area (Å²) in [4.78, 5) is 11.5. The summed E-state index contributed by atoms with van der Waals surface area (Å²) < 4.78 is 7.14. The number of fused-ring (bicyclic) bond motifs is 1. The maximum absolute atomic E-state index is 11.5. The molecule has 1 saturated carbocycles. The van der Waals surface area contributed by atoms with Crippen LogP contribution in [0, 0.1) is 5.92 Å². The van der Waals surface area contributed by atoms with Crippen LogP contribution in [0.2, 0.25) is 0 Å². The minimum absolute atomic E-state index is 0.243. The van der Waals surface area contributed by atoms with E-state index in [2.05, 4.69) is 22.9 Å². The Morgan fingerprint density at radius 1 is 1.14 bits per heavy atom. The van der Waals surface area contributed by atoms with Gasteiger partial charge in [0.15, 0.2) is 6.29 Å². The van der Waals surface area contributed by atoms with Crippen LogP contribution in [0.4, 0.5) is 0 Å². The van der Waals surface area contributed by atoms with Crippen molar-refractivity contribution in [1.82, 2.24) is 0 Å². The Balaban J connectivity index is 1.91. The summed E-state index contributed by atoms with van der Waals surface area (Å²) in [7, 11) is 0. The maximum atomic E-state index is 11.5. The zero-order chi connectivity index (χ0) is 14.8. The van der Waals surface area contributed by atoms with E-state index in [1.807, 2.05) is 30.3 Å². The second-order valence-electron chi connectivity index (χ2n) is 5.96. The number of hydrogen-bond donors (Lipinski definition) is 0. The highest BCUT2D eigenvalue weighted by Gasteiger charge is 2.21. The highest BCUT2D eigenvalue weighted by molar-refractivity contribution is 9.10. The van der Waals surface area contributed by atoms with E-state index in [1.165, 1.54) is 12.8 Å². The van der Waals surface area contributed by atoms with Crippen LogP contribution in [-0.4, -0.2) is 12.4 Å². The minimum Gasteiger partial charge on any atom is -0.490 e. The summed E-state index contributed by atoms with van der Waals surface area (Å²) in [6.07, 6.45) is 5.74. The van der Waals surface area contributed by atoms with E-state index >= 15 is 0 Å². The van der Waals surface area contributed by atoms with Gasteiger partial charge in [-0.1, -0.05) is 35.0 Å². The van der Waals surface area contributed by atoms with Gasteiger partial charge in [0, 0.05) is 4.47 Å². The number of rotatable bonds is 3. The predicted octanol–water partition coefficient (Wildman–Crippen LogP) is 5.37. The summed E-state index contributed by atoms with van der Waals surface area (Å²) in [5, 5.41) is 2.01. The van der Waals surface area contributed by atoms with Crippen molar-refractivity contribution < 1.29 is 9.53 Å². The highest BCUT2D eigenvalue weighted by atomic mass is 79.9. The lowest BCUT2D eigenvalue weighted by Crippen LogP contribution is -2.23. The van der Waals surface area contributed by atoms with Crippen LogP contribution in [0.5, 0.6) is 5.75 Å². The van der Waals surface area contributed by atoms with E-state index < -0.39 is 0 Å². The molecule has 0 N–H and O–H groups in total. The van der Waals surface area contributed by atoms with E-state index in [0.717, 1.165) is 46.0 Å². The monoisotopic (exact) mass is 346 g/mol. The molecule has 0 atom stereocenters. The van der Waals surface area contributed by atoms with E-state index in [1.54, 1.807) is 0 Å². The Morgan fingerprint density at radius 3 is 2.62 bits per heavy atom. The SMILES string of the molecule is C[C@H]1CC[C@@H](Oc2ccc3cc(Br)ccc3c2C=O)CC1. The smallest absolute Gasteiger partial charge is 0.154 e. The lowest BCUT2D eigenvalue weighted by Gasteiger charge is -2.27. The molecule has 2 nitrogen and oxygen atoms in total. The third-order valence-corrected chi connectivity index (χ3v) is 4.85. The van der Waals surface area contributed by atoms with Gasteiger partial charge in [-0.15, -0.1) is 0 Å². The molecule has 0 saturated heterocycles. The lowest BCUT2D eigenvalue weighted by molar-refractivity contribution is 0.110. The fourth-order valence-electron chi connectivity index (χ4n) is 3.06. The van der Waals surface area contributed by atoms with Gasteiger partial charge in [-0.2, -0.15) is 0 Å². The van der Waals surface area contributed by atoms with E-state index in [-0.39, 0.29) is 6.10 Å². The third kappa shape index (κ3) is 3.13. The van der Waals surface area contributed by atoms with Gasteiger partial charge in [0.1, 0.15) is 5.75 Å². The molecule has 0 aromatic heterocycles. The molecule has 0 spiro atoms. The maximum Gasteiger partial charge on any atom is 0.154 e. The largest absolute Gasteiger partial charge is 0.490 e. The third-order valence-electron chi connectivity index (χ3n) is 4.36. The van der Waals surface area contributed by atoms with E-state index in [4.69, 9.17) is 4.74 Å². The first-order chi connectivity index (χ1) is 10.2. The number of carbonyl (C=O) groups excluding carboxylic acids is 1. The molecule has 3 heteroatoms. The molecule has 0 aliphatic heterocycles. The van der Waals surface area contributed by atoms with Crippen LogP contribution < -0.4 is 4.74 Å². The molecule has 3 rings (SSSR count). The first-order valence-electron chi connectivity index (χ1n) is 7.51. The summed E-state index contributed by atoms with van der Waals surface area (Å²) in [5.74, 6) is 1.52. The quantitative estimate of drug-likeness (QED) is 0.698. The number of carbonyl (C=O) groups is 1. The molecule has 0 unspecified atom stereocenters. The summed E-state index contributed by atoms with van der Waals surface area (Å²) in [6.45, 7) is 2.29. The van der Waals surface area contributed by atoms with Crippen molar-refractivity contribution in [2.45, 2.75) is 38.7 Å². The van der Waals surface area contributed by atoms with Gasteiger partial charge in [-0.05, 0) is 60.6 Å². The number of benzene rings is 2. The van der Waals surface area contributed by atoms with Crippen LogP contribution >= 0.6 is 15.9 Å². The molecule has 1 fully saturated rings. The predicted molar refractivity (Wildman–Crippen MR) is 89.1 cm³/mol. The minimum atomic E-state index is 0.243. The average Bonchev–Trinajstić information content (AvgIpc) is 2.49. The van der Waals surface area contributed by atoms with Crippen molar-refractivity contribution in [3.8, 4) is 5.75 Å². The molecule has 1 aliphatic carbocycles. The van der Waals surface area contributed by atoms with Gasteiger partial charge < -0.3 is 4.74 Å². The number of halogens is 1. The first kappa shape index (κ1) is 14.6. The van der Waals surface area contributed by atoms with Crippen molar-refractivity contribution in [3.05, 3.63) is 40.4 Å². The van der Waals surface area contributed by atoms with Gasteiger partial charge in [-0.3, -0.25) is 4.79 Å². The zero-order valence-electron chi connectivity index (χ0n) is 12.1. The number of hydrogen-bond acceptors (Lipinski definition) is 2. The Hall–Kier alpha value is -1.35. The Morgan fingerprint density at radius 2 is 1.90 bits per heavy atom. The molecule has 2 aromatic rings. The fourth-order valence-corrected chi connectivity index (χ4v) is 3.43. The summed E-state index contributed by atoms with van der Waals surface area (Å²) in [5.41, 5.74) is 0.665. The van der Waals surface area contributed by atoms with Crippen LogP contribution in [0.15, 0.2) is 34.8 Å². The van der Waals surface area contributed by atoms with Gasteiger partial charge in [0.25, 0.3) is 0 Å². The summed E-state index contributed by atoms with van der Waals surface area (Å²) >= 11 is 3.46. The topological polar surface area (TPSA) is 26.3 Å². The van der Waals surface area contributed by atoms with Crippen LogP contribution in [0.1, 0.15) is 43.0 Å². The Labute approximate surface area is 133 Å². The number of aldehydes is 1. The van der Waals surface area contributed by atoms with E-state index in [9.17, 15) is 4.79 Å². The molecular weight excluding hydrogens is 328 g/mol. The van der Waals surface area contributed by atoms with Crippen LogP contribution in [0.25, 0.3) is 10.8 Å². The molecule has 0 bridgehead atoms. The van der Waals surface area contributed by atoms with Gasteiger partial charge in [0.05, 0.1) is 11.7 Å². The van der Waals surface area contributed by atoms with Crippen molar-refractivity contribution in [2.75, 3.05) is 0 Å². The van der Waals surface area contributed by atoms with Crippen molar-refractivity contribution >= 4 is 33.0 Å². The lowest BCUT2D eigenvalue weighted by atomic mass is 9.89. The molecule has 0 radical (unpaired) electrons. The van der Waals surface area contributed by atoms with Crippen LogP contribution in [-0.2, 0) is 0 Å². The molecule has 21 heavy (non-hydrogen) atoms. The van der Waals surface area contributed by atoms with Gasteiger partial charge >= 0.3 is 0 Å².